The van der Waals surface area contributed by atoms with E-state index in [4.69, 9.17) is 5.11 Å². The second-order valence-electron chi connectivity index (χ2n) is 2.61. The Balaban J connectivity index is 0.000000980. The molecule has 0 saturated heterocycles. The molecule has 6 heteroatoms. The van der Waals surface area contributed by atoms with Crippen LogP contribution in [0.5, 0.6) is 0 Å². The van der Waals surface area contributed by atoms with Crippen LogP contribution in [-0.4, -0.2) is 16.6 Å². The molecule has 1 aromatic carbocycles. The number of carboxylic acids is 1. The van der Waals surface area contributed by atoms with Crippen LogP contribution in [0, 0.1) is 49.4 Å². The first kappa shape index (κ1) is 12.3. The topological polar surface area (TPSA) is 65.5 Å². The number of carboxylic acid groups (broad SMARTS) is 1. The Labute approximate surface area is 127 Å². The fraction of sp³-hybridized carbons (Fsp3) is 0.125. The molecule has 0 spiro atoms. The average molecular weight is 346 g/mol. The third-order valence-corrected chi connectivity index (χ3v) is 1.96. The molecule has 1 heterocycles. The van der Waals surface area contributed by atoms with Crippen molar-refractivity contribution in [1.29, 1.82) is 0 Å². The van der Waals surface area contributed by atoms with Crippen molar-refractivity contribution >= 4 is 30.0 Å². The maximum absolute atomic E-state index is 10.6. The van der Waals surface area contributed by atoms with Crippen LogP contribution in [0.1, 0.15) is 10.4 Å². The van der Waals surface area contributed by atoms with Crippen molar-refractivity contribution in [3.8, 4) is 0 Å². The fourth-order valence-corrected chi connectivity index (χ4v) is 1.40. The molecule has 73 valence electrons. The van der Waals surface area contributed by atoms with Crippen LogP contribution in [0.15, 0.2) is 18.2 Å². The molecule has 14 heavy (non-hydrogen) atoms. The normalized spacial score (nSPS) is 17.4. The van der Waals surface area contributed by atoms with Crippen molar-refractivity contribution in [1.82, 2.24) is 0 Å². The van der Waals surface area contributed by atoms with Gasteiger partial charge in [0.05, 0.1) is 5.56 Å². The van der Waals surface area contributed by atoms with E-state index in [0.29, 0.717) is 11.4 Å². The molecule has 0 aliphatic carbocycles. The zero-order valence-corrected chi connectivity index (χ0v) is 10.2. The number of benzene rings is 1. The second-order valence-corrected chi connectivity index (χ2v) is 3.08. The number of aromatic carboxylic acids is 1. The summed E-state index contributed by atoms with van der Waals surface area (Å²) in [6.45, 7) is 0. The number of nitrogens with zero attached hydrogens (tertiary/aromatic N) is 2. The minimum absolute atomic E-state index is 0. The molecule has 1 aliphatic rings. The van der Waals surface area contributed by atoms with Crippen molar-refractivity contribution in [3.05, 3.63) is 34.4 Å². The molecule has 1 radical (unpaired) electrons. The number of hydrogen-bond donors (Lipinski definition) is 2. The number of thiol groups is 1. The molecular weight excluding hydrogens is 340 g/mol. The van der Waals surface area contributed by atoms with Gasteiger partial charge in [0.15, 0.2) is 0 Å². The molecule has 1 unspecified atom stereocenters. The molecule has 1 aromatic rings. The van der Waals surface area contributed by atoms with Crippen molar-refractivity contribution in [2.24, 2.45) is 0 Å². The molecule has 2 rings (SSSR count). The van der Waals surface area contributed by atoms with E-state index in [0.717, 1.165) is 0 Å². The summed E-state index contributed by atoms with van der Waals surface area (Å²) in [4.78, 5) is 10.6. The van der Waals surface area contributed by atoms with Crippen LogP contribution in [0.25, 0.3) is 10.6 Å². The van der Waals surface area contributed by atoms with Gasteiger partial charge in [-0.15, -0.1) is 0 Å². The van der Waals surface area contributed by atoms with Gasteiger partial charge in [-0.05, 0) is 6.07 Å². The first-order chi connectivity index (χ1) is 6.16. The van der Waals surface area contributed by atoms with Crippen LogP contribution in [-0.2, 0) is 0 Å². The third-order valence-electron chi connectivity index (χ3n) is 1.73. The molecule has 1 aliphatic heterocycles. The molecule has 1 N–H and O–H groups in total. The smallest absolute Gasteiger partial charge is 0.690 e. The molecular formula is C8H6EuN2O2S. The number of hydrogen-bond acceptors (Lipinski definition) is 2. The molecule has 1 atom stereocenters. The maximum Gasteiger partial charge on any atom is 2.00 e. The van der Waals surface area contributed by atoms with Crippen LogP contribution in [0.2, 0.25) is 0 Å². The van der Waals surface area contributed by atoms with Crippen LogP contribution < -0.4 is 0 Å². The standard InChI is InChI=1S/C8H6N2O2S.Eu/c11-7(12)4-1-2-5-6(3-4)10-8(13)9-5;/h1-3,8,13H,(H,11,12);/q-2;+2. The first-order valence-electron chi connectivity index (χ1n) is 3.64. The number of carbonyl (C=O) groups is 1. The van der Waals surface area contributed by atoms with Crippen LogP contribution in [0.4, 0.5) is 11.4 Å². The Kier molecular flexibility index (Phi) is 4.24. The molecule has 4 nitrogen and oxygen atoms in total. The van der Waals surface area contributed by atoms with E-state index in [1.54, 1.807) is 6.07 Å². The Hall–Kier alpha value is 0.224. The van der Waals surface area contributed by atoms with Crippen molar-refractivity contribution in [3.63, 3.8) is 0 Å². The Bertz CT molecular complexity index is 372. The van der Waals surface area contributed by atoms with Crippen LogP contribution in [0.3, 0.4) is 0 Å². The first-order valence-corrected chi connectivity index (χ1v) is 4.15. The van der Waals surface area contributed by atoms with Gasteiger partial charge < -0.3 is 15.7 Å². The summed E-state index contributed by atoms with van der Waals surface area (Å²) in [6, 6.07) is 4.64. The van der Waals surface area contributed by atoms with E-state index in [2.05, 4.69) is 23.3 Å². The predicted molar refractivity (Wildman–Crippen MR) is 52.2 cm³/mol. The molecule has 0 fully saturated rings. The van der Waals surface area contributed by atoms with E-state index < -0.39 is 5.97 Å². The van der Waals surface area contributed by atoms with E-state index >= 15 is 0 Å². The largest absolute Gasteiger partial charge is 2.00 e. The van der Waals surface area contributed by atoms with Crippen molar-refractivity contribution in [2.45, 2.75) is 5.50 Å². The SMILES string of the molecule is O=C(O)c1ccc2c(c1)[N-]C(S)[N-]2.[Eu+2]. The number of fused-ring (bicyclic) bond motifs is 1. The Morgan fingerprint density at radius 1 is 1.36 bits per heavy atom. The Morgan fingerprint density at radius 2 is 2.00 bits per heavy atom. The maximum atomic E-state index is 10.6. The molecule has 0 bridgehead atoms. The van der Waals surface area contributed by atoms with Gasteiger partial charge in [0.1, 0.15) is 0 Å². The summed E-state index contributed by atoms with van der Waals surface area (Å²) in [5.41, 5.74) is 1.13. The zero-order valence-electron chi connectivity index (χ0n) is 6.88. The summed E-state index contributed by atoms with van der Waals surface area (Å²) in [7, 11) is 0. The second kappa shape index (κ2) is 4.83. The van der Waals surface area contributed by atoms with Gasteiger partial charge in [0.2, 0.25) is 0 Å². The molecule has 0 saturated carbocycles. The van der Waals surface area contributed by atoms with E-state index in [1.165, 1.54) is 12.1 Å². The molecule has 0 amide bonds. The minimum atomic E-state index is -0.958. The Morgan fingerprint density at radius 3 is 2.64 bits per heavy atom. The van der Waals surface area contributed by atoms with Gasteiger partial charge in [-0.1, -0.05) is 12.1 Å². The van der Waals surface area contributed by atoms with E-state index in [1.807, 2.05) is 0 Å². The minimum Gasteiger partial charge on any atom is -0.690 e. The van der Waals surface area contributed by atoms with Gasteiger partial charge in [-0.25, -0.2) is 17.4 Å². The van der Waals surface area contributed by atoms with Gasteiger partial charge in [0.25, 0.3) is 0 Å². The van der Waals surface area contributed by atoms with Gasteiger partial charge in [-0.3, -0.25) is 0 Å². The van der Waals surface area contributed by atoms with Crippen LogP contribution >= 0.6 is 12.6 Å². The summed E-state index contributed by atoms with van der Waals surface area (Å²) in [5.74, 6) is -0.958. The van der Waals surface area contributed by atoms with E-state index in [9.17, 15) is 4.79 Å². The van der Waals surface area contributed by atoms with Gasteiger partial charge in [0, 0.05) is 0 Å². The molecule has 0 aromatic heterocycles. The number of rotatable bonds is 1. The summed E-state index contributed by atoms with van der Waals surface area (Å²) < 4.78 is 0. The quantitative estimate of drug-likeness (QED) is 0.768. The monoisotopic (exact) mass is 347 g/mol. The van der Waals surface area contributed by atoms with Crippen molar-refractivity contribution < 1.29 is 59.3 Å². The third kappa shape index (κ3) is 2.42. The van der Waals surface area contributed by atoms with Crippen molar-refractivity contribution in [2.75, 3.05) is 0 Å². The zero-order chi connectivity index (χ0) is 9.42. The van der Waals surface area contributed by atoms with Gasteiger partial charge in [-0.2, -0.15) is 16.9 Å². The predicted octanol–water partition coefficient (Wildman–Crippen LogP) is 2.62. The summed E-state index contributed by atoms with van der Waals surface area (Å²) >= 11 is 4.04. The summed E-state index contributed by atoms with van der Waals surface area (Å²) in [6.07, 6.45) is 0. The van der Waals surface area contributed by atoms with Gasteiger partial charge >= 0.3 is 55.3 Å². The summed E-state index contributed by atoms with van der Waals surface area (Å²) in [5, 5.41) is 16.8. The van der Waals surface area contributed by atoms with E-state index in [-0.39, 0.29) is 60.4 Å². The fourth-order valence-electron chi connectivity index (χ4n) is 1.15. The average Bonchev–Trinajstić information content (AvgIpc) is 2.42.